The maximum absolute atomic E-state index is 13.2. The fourth-order valence-electron chi connectivity index (χ4n) is 3.89. The van der Waals surface area contributed by atoms with Crippen LogP contribution in [0.2, 0.25) is 0 Å². The lowest BCUT2D eigenvalue weighted by Gasteiger charge is -2.25. The topological polar surface area (TPSA) is 106 Å². The molecule has 1 aromatic heterocycles. The fraction of sp³-hybridized carbons (Fsp3) is 0.185. The van der Waals surface area contributed by atoms with Crippen LogP contribution in [0.15, 0.2) is 78.6 Å². The van der Waals surface area contributed by atoms with Crippen LogP contribution >= 0.6 is 0 Å². The zero-order chi connectivity index (χ0) is 24.9. The van der Waals surface area contributed by atoms with Crippen LogP contribution in [0.5, 0.6) is 5.75 Å². The van der Waals surface area contributed by atoms with E-state index in [9.17, 15) is 19.5 Å². The number of aliphatic hydroxyl groups is 1. The number of anilines is 1. The molecule has 0 bridgehead atoms. The van der Waals surface area contributed by atoms with Crippen molar-refractivity contribution in [2.24, 2.45) is 0 Å². The molecule has 1 N–H and O–H groups in total. The van der Waals surface area contributed by atoms with Crippen molar-refractivity contribution >= 4 is 29.1 Å². The van der Waals surface area contributed by atoms with Crippen molar-refractivity contribution in [2.75, 3.05) is 18.6 Å². The highest BCUT2D eigenvalue weighted by molar-refractivity contribution is 6.51. The summed E-state index contributed by atoms with van der Waals surface area (Å²) in [6, 6.07) is 15.3. The Morgan fingerprint density at radius 1 is 1.03 bits per heavy atom. The maximum atomic E-state index is 13.2. The predicted octanol–water partition coefficient (Wildman–Crippen LogP) is 4.28. The molecule has 4 rings (SSSR count). The van der Waals surface area contributed by atoms with Crippen molar-refractivity contribution in [3.05, 3.63) is 95.3 Å². The zero-order valence-corrected chi connectivity index (χ0v) is 19.3. The summed E-state index contributed by atoms with van der Waals surface area (Å²) < 4.78 is 10.3. The summed E-state index contributed by atoms with van der Waals surface area (Å²) in [4.78, 5) is 44.0. The number of benzene rings is 2. The first kappa shape index (κ1) is 23.7. The van der Waals surface area contributed by atoms with E-state index in [4.69, 9.17) is 9.47 Å². The third-order valence-corrected chi connectivity index (χ3v) is 5.63. The van der Waals surface area contributed by atoms with Gasteiger partial charge in [-0.3, -0.25) is 19.5 Å². The third kappa shape index (κ3) is 4.63. The summed E-state index contributed by atoms with van der Waals surface area (Å²) in [5.74, 6) is -1.80. The first-order chi connectivity index (χ1) is 17.0. The number of nitrogens with zero attached hydrogens (tertiary/aromatic N) is 2. The molecule has 1 aliphatic rings. The molecule has 1 fully saturated rings. The van der Waals surface area contributed by atoms with E-state index in [2.05, 4.69) is 4.98 Å². The Morgan fingerprint density at radius 2 is 1.71 bits per heavy atom. The molecule has 1 amide bonds. The van der Waals surface area contributed by atoms with Crippen molar-refractivity contribution in [2.45, 2.75) is 19.4 Å². The minimum Gasteiger partial charge on any atom is -0.507 e. The van der Waals surface area contributed by atoms with Crippen molar-refractivity contribution in [1.29, 1.82) is 0 Å². The summed E-state index contributed by atoms with van der Waals surface area (Å²) in [7, 11) is 1.53. The lowest BCUT2D eigenvalue weighted by atomic mass is 9.96. The number of carbonyl (C=O) groups is 3. The van der Waals surface area contributed by atoms with E-state index in [0.29, 0.717) is 41.2 Å². The normalized spacial score (nSPS) is 16.9. The molecule has 8 heteroatoms. The number of pyridine rings is 1. The molecule has 1 unspecified atom stereocenters. The molecule has 1 saturated heterocycles. The Kier molecular flexibility index (Phi) is 6.91. The summed E-state index contributed by atoms with van der Waals surface area (Å²) in [6.07, 6.45) is 3.82. The van der Waals surface area contributed by atoms with Gasteiger partial charge in [-0.05, 0) is 66.6 Å². The number of rotatable bonds is 7. The number of Topliss-reactive ketones (excluding diaryl/α,β-unsaturated/α-hetero) is 1. The van der Waals surface area contributed by atoms with Crippen LogP contribution < -0.4 is 9.64 Å². The van der Waals surface area contributed by atoms with Gasteiger partial charge in [0.05, 0.1) is 30.9 Å². The van der Waals surface area contributed by atoms with Gasteiger partial charge in [0.1, 0.15) is 11.5 Å². The van der Waals surface area contributed by atoms with Gasteiger partial charge in [0.15, 0.2) is 0 Å². The average molecular weight is 472 g/mol. The summed E-state index contributed by atoms with van der Waals surface area (Å²) in [6.45, 7) is 2.21. The summed E-state index contributed by atoms with van der Waals surface area (Å²) >= 11 is 0. The second-order valence-corrected chi connectivity index (χ2v) is 7.87. The van der Waals surface area contributed by atoms with Gasteiger partial charge in [-0.1, -0.05) is 13.0 Å². The molecule has 178 valence electrons. The molecule has 35 heavy (non-hydrogen) atoms. The molecule has 2 aromatic carbocycles. The van der Waals surface area contributed by atoms with Crippen molar-refractivity contribution in [3.63, 3.8) is 0 Å². The molecule has 3 aromatic rings. The molecule has 0 radical (unpaired) electrons. The van der Waals surface area contributed by atoms with Crippen LogP contribution in [0, 0.1) is 0 Å². The Morgan fingerprint density at radius 3 is 2.31 bits per heavy atom. The number of methoxy groups -OCH3 is 1. The van der Waals surface area contributed by atoms with Gasteiger partial charge in [0, 0.05) is 23.6 Å². The Hall–Kier alpha value is -4.46. The largest absolute Gasteiger partial charge is 0.507 e. The van der Waals surface area contributed by atoms with Gasteiger partial charge in [0.2, 0.25) is 0 Å². The van der Waals surface area contributed by atoms with E-state index in [0.717, 1.165) is 0 Å². The number of amides is 1. The van der Waals surface area contributed by atoms with Crippen LogP contribution in [0.1, 0.15) is 40.9 Å². The van der Waals surface area contributed by atoms with Crippen molar-refractivity contribution in [3.8, 4) is 5.75 Å². The molecule has 1 aliphatic heterocycles. The standard InChI is InChI=1S/C27H24N2O6/c1-3-15-35-27(33)18-6-10-20(11-7-18)29-23(19-5-4-14-28-16-19)22(25(31)26(29)32)24(30)17-8-12-21(34-2)13-9-17/h4-14,16,23,30H,3,15H2,1-2H3/b24-22+. The lowest BCUT2D eigenvalue weighted by molar-refractivity contribution is -0.132. The van der Waals surface area contributed by atoms with E-state index in [1.54, 1.807) is 60.9 Å². The maximum Gasteiger partial charge on any atom is 0.338 e. The Labute approximate surface area is 202 Å². The van der Waals surface area contributed by atoms with E-state index < -0.39 is 23.7 Å². The number of hydrogen-bond acceptors (Lipinski definition) is 7. The highest BCUT2D eigenvalue weighted by Gasteiger charge is 2.47. The van der Waals surface area contributed by atoms with Gasteiger partial charge in [-0.15, -0.1) is 0 Å². The highest BCUT2D eigenvalue weighted by atomic mass is 16.5. The fourth-order valence-corrected chi connectivity index (χ4v) is 3.89. The SMILES string of the molecule is CCCOC(=O)c1ccc(N2C(=O)C(=O)/C(=C(/O)c3ccc(OC)cc3)C2c2cccnc2)cc1. The predicted molar refractivity (Wildman–Crippen MR) is 129 cm³/mol. The second kappa shape index (κ2) is 10.2. The van der Waals surface area contributed by atoms with Crippen LogP contribution in [-0.2, 0) is 14.3 Å². The number of hydrogen-bond donors (Lipinski definition) is 1. The number of carbonyl (C=O) groups excluding carboxylic acids is 3. The molecule has 0 saturated carbocycles. The van der Waals surface area contributed by atoms with E-state index in [1.165, 1.54) is 24.1 Å². The number of esters is 1. The van der Waals surface area contributed by atoms with Crippen LogP contribution in [0.3, 0.4) is 0 Å². The van der Waals surface area contributed by atoms with E-state index in [-0.39, 0.29) is 11.3 Å². The monoisotopic (exact) mass is 472 g/mol. The van der Waals surface area contributed by atoms with Crippen molar-refractivity contribution < 1.29 is 29.0 Å². The molecular weight excluding hydrogens is 448 g/mol. The third-order valence-electron chi connectivity index (χ3n) is 5.63. The highest BCUT2D eigenvalue weighted by Crippen LogP contribution is 2.42. The molecule has 0 aliphatic carbocycles. The van der Waals surface area contributed by atoms with E-state index in [1.807, 2.05) is 6.92 Å². The van der Waals surface area contributed by atoms with Gasteiger partial charge in [-0.25, -0.2) is 4.79 Å². The van der Waals surface area contributed by atoms with Crippen LogP contribution in [0.4, 0.5) is 5.69 Å². The number of aromatic nitrogens is 1. The quantitative estimate of drug-likeness (QED) is 0.237. The van der Waals surface area contributed by atoms with Gasteiger partial charge >= 0.3 is 5.97 Å². The van der Waals surface area contributed by atoms with Crippen molar-refractivity contribution in [1.82, 2.24) is 4.98 Å². The second-order valence-electron chi connectivity index (χ2n) is 7.87. The van der Waals surface area contributed by atoms with E-state index >= 15 is 0 Å². The minimum atomic E-state index is -0.913. The lowest BCUT2D eigenvalue weighted by Crippen LogP contribution is -2.29. The first-order valence-corrected chi connectivity index (χ1v) is 11.1. The zero-order valence-electron chi connectivity index (χ0n) is 19.3. The molecular formula is C27H24N2O6. The molecule has 0 spiro atoms. The Bertz CT molecular complexity index is 1270. The molecule has 1 atom stereocenters. The van der Waals surface area contributed by atoms with Gasteiger partial charge in [0.25, 0.3) is 11.7 Å². The summed E-state index contributed by atoms with van der Waals surface area (Å²) in [5.41, 5.74) is 1.58. The summed E-state index contributed by atoms with van der Waals surface area (Å²) in [5, 5.41) is 11.1. The van der Waals surface area contributed by atoms with Crippen LogP contribution in [0.25, 0.3) is 5.76 Å². The average Bonchev–Trinajstić information content (AvgIpc) is 3.17. The first-order valence-electron chi connectivity index (χ1n) is 11.1. The van der Waals surface area contributed by atoms with Gasteiger partial charge in [-0.2, -0.15) is 0 Å². The van der Waals surface area contributed by atoms with Crippen LogP contribution in [-0.4, -0.2) is 41.5 Å². The smallest absolute Gasteiger partial charge is 0.338 e. The number of ether oxygens (including phenoxy) is 2. The number of aliphatic hydroxyl groups excluding tert-OH is 1. The Balaban J connectivity index is 1.79. The van der Waals surface area contributed by atoms with Gasteiger partial charge < -0.3 is 14.6 Å². The number of ketones is 1. The minimum absolute atomic E-state index is 0.0559. The molecule has 2 heterocycles. The molecule has 8 nitrogen and oxygen atoms in total.